The molecule has 0 atom stereocenters. The van der Waals surface area contributed by atoms with E-state index in [1.807, 2.05) is 127 Å². The Morgan fingerprint density at radius 3 is 1.05 bits per heavy atom. The zero-order valence-corrected chi connectivity index (χ0v) is 61.0. The molecule has 0 N–H and O–H groups in total. The predicted octanol–water partition coefficient (Wildman–Crippen LogP) is 26.4. The summed E-state index contributed by atoms with van der Waals surface area (Å²) in [5, 5.41) is -0.559. The molecule has 0 fully saturated rings. The summed E-state index contributed by atoms with van der Waals surface area (Å²) >= 11 is 0. The molecular formula is C104H80BN5. The lowest BCUT2D eigenvalue weighted by Gasteiger charge is -2.45. The molecule has 5 nitrogen and oxygen atoms in total. The molecule has 18 aromatic rings. The molecule has 0 bridgehead atoms. The van der Waals surface area contributed by atoms with Crippen molar-refractivity contribution >= 4 is 118 Å². The van der Waals surface area contributed by atoms with Crippen LogP contribution >= 0.6 is 0 Å². The summed E-state index contributed by atoms with van der Waals surface area (Å²) in [7, 11) is 0. The second-order valence-electron chi connectivity index (χ2n) is 30.2. The van der Waals surface area contributed by atoms with Crippen LogP contribution in [0.1, 0.15) is 81.5 Å². The number of benzene rings is 16. The third-order valence-corrected chi connectivity index (χ3v) is 21.5. The molecule has 0 saturated carbocycles. The van der Waals surface area contributed by atoms with Gasteiger partial charge < -0.3 is 23.8 Å². The van der Waals surface area contributed by atoms with Gasteiger partial charge in [-0.05, 0) is 221 Å². The number of nitrogens with zero attached hydrogens (tertiary/aromatic N) is 5. The van der Waals surface area contributed by atoms with Gasteiger partial charge in [-0.15, -0.1) is 0 Å². The molecule has 0 spiro atoms. The molecular weight excluding hydrogens is 1330 g/mol. The fraction of sp³-hybridized carbons (Fsp3) is 0.0769. The van der Waals surface area contributed by atoms with Crippen molar-refractivity contribution in [2.45, 2.75) is 52.4 Å². The lowest BCUT2D eigenvalue weighted by molar-refractivity contribution is 0.569. The largest absolute Gasteiger partial charge is 0.311 e. The average molecular weight is 1430 g/mol. The van der Waals surface area contributed by atoms with Crippen molar-refractivity contribution in [1.82, 2.24) is 9.13 Å². The number of aromatic nitrogens is 2. The van der Waals surface area contributed by atoms with E-state index >= 15 is 0 Å². The summed E-state index contributed by atoms with van der Waals surface area (Å²) in [6.07, 6.45) is 0. The van der Waals surface area contributed by atoms with Gasteiger partial charge >= 0.3 is 0 Å². The molecule has 2 aliphatic heterocycles. The van der Waals surface area contributed by atoms with E-state index in [0.717, 1.165) is 72.2 Å². The second kappa shape index (κ2) is 26.2. The third-order valence-electron chi connectivity index (χ3n) is 21.5. The van der Waals surface area contributed by atoms with Gasteiger partial charge in [0.05, 0.1) is 56.5 Å². The molecule has 0 amide bonds. The number of hydrogen-bond donors (Lipinski definition) is 0. The number of fused-ring (bicyclic) bond motifs is 10. The monoisotopic (exact) mass is 1430 g/mol. The number of hydrogen-bond acceptors (Lipinski definition) is 3. The molecule has 4 heterocycles. The number of anilines is 9. The molecule has 2 aliphatic rings. The van der Waals surface area contributed by atoms with Crippen LogP contribution in [0.3, 0.4) is 0 Å². The van der Waals surface area contributed by atoms with Crippen molar-refractivity contribution in [3.63, 3.8) is 0 Å². The van der Waals surface area contributed by atoms with E-state index in [-0.39, 0.29) is 82.9 Å². The molecule has 16 aromatic carbocycles. The minimum Gasteiger partial charge on any atom is -0.311 e. The van der Waals surface area contributed by atoms with E-state index in [0.29, 0.717) is 45.0 Å². The van der Waals surface area contributed by atoms with Gasteiger partial charge in [0.15, 0.2) is 0 Å². The van der Waals surface area contributed by atoms with Crippen LogP contribution in [0.2, 0.25) is 0 Å². The summed E-state index contributed by atoms with van der Waals surface area (Å²) in [6, 6.07) is 69.6. The SMILES string of the molecule is [2H]c1c([2H])c([2H])c(N(c2ccc(-n3c4c([2H])c([2H])c([2H])c([2H])c4c4c([2H])c([2H])c([2H])c([2H])c43)cc2)c2cc3c4c(c2)N(c2cc(-c5ccccc5)cc(-c5ccccc5)c2)c2cc(-n5c6c([2H])c([2H])c([2H])c([2H])c6c6c([2H])c([2H])c([2H])c([2H])c65)ccc2B4c2ccc(-c4cc(C(C)(C)C)cc(C(C)(C)C)c4)cc2N3c2cc(-c3ccccc3)cc(-c3ccccc3)c2)c([2H])c1[2H]. The fourth-order valence-electron chi connectivity index (χ4n) is 16.2. The van der Waals surface area contributed by atoms with Crippen LogP contribution in [0.5, 0.6) is 0 Å². The van der Waals surface area contributed by atoms with Crippen LogP contribution < -0.4 is 31.1 Å². The van der Waals surface area contributed by atoms with Gasteiger partial charge in [-0.3, -0.25) is 0 Å². The van der Waals surface area contributed by atoms with E-state index in [1.165, 1.54) is 9.13 Å². The minimum atomic E-state index is -0.812. The van der Waals surface area contributed by atoms with E-state index in [9.17, 15) is 20.6 Å². The van der Waals surface area contributed by atoms with Crippen LogP contribution in [0.15, 0.2) is 376 Å². The first-order valence-corrected chi connectivity index (χ1v) is 36.8. The topological polar surface area (TPSA) is 19.6 Å². The lowest BCUT2D eigenvalue weighted by Crippen LogP contribution is -2.61. The number of rotatable bonds is 12. The standard InChI is InChI=1S/C104H80BN5/c1-103(2,3)79-58-78(59-80(65-79)104(4,5)6)73-48-54-92-98(64-73)109(85-60-74(69-30-12-7-13-31-69)56-75(61-85)70-32-14-8-15-33-70)100-67-87(106(81-38-20-11-21-39-81)82-49-51-83(52-50-82)107-94-44-26-22-40-88(94)89-41-23-27-45-95(89)107)68-101-102(100)105(92)93-55-53-84(108-96-46-28-24-42-90(96)91-43-25-29-47-97(91)108)66-99(93)110(101)86-62-76(71-34-16-9-17-35-71)57-77(63-86)72-36-18-10-19-37-72/h7-68H,1-6H3/i11D,20D,21D,22D,23D,24D,25D,26D,27D,28D,29D,38D,39D,40D,41D,42D,43D,44D,45D,46D,47D. The normalized spacial score (nSPS) is 15.3. The highest BCUT2D eigenvalue weighted by molar-refractivity contribution is 7.00. The van der Waals surface area contributed by atoms with Crippen molar-refractivity contribution in [2.75, 3.05) is 14.7 Å². The van der Waals surface area contributed by atoms with Gasteiger partial charge in [0, 0.05) is 78.4 Å². The van der Waals surface area contributed by atoms with Crippen LogP contribution in [-0.4, -0.2) is 15.8 Å². The fourth-order valence-corrected chi connectivity index (χ4v) is 16.2. The molecule has 110 heavy (non-hydrogen) atoms. The zero-order chi connectivity index (χ0) is 92.2. The lowest BCUT2D eigenvalue weighted by atomic mass is 9.33. The van der Waals surface area contributed by atoms with Gasteiger partial charge in [0.25, 0.3) is 6.71 Å². The van der Waals surface area contributed by atoms with Gasteiger partial charge in [0.2, 0.25) is 0 Å². The summed E-state index contributed by atoms with van der Waals surface area (Å²) in [4.78, 5) is 5.93. The maximum Gasteiger partial charge on any atom is 0.252 e. The zero-order valence-electron chi connectivity index (χ0n) is 82.0. The van der Waals surface area contributed by atoms with Crippen molar-refractivity contribution in [3.8, 4) is 67.0 Å². The van der Waals surface area contributed by atoms with Crippen molar-refractivity contribution in [2.24, 2.45) is 0 Å². The van der Waals surface area contributed by atoms with Gasteiger partial charge in [0.1, 0.15) is 0 Å². The maximum atomic E-state index is 10.3. The van der Waals surface area contributed by atoms with Crippen LogP contribution in [0, 0.1) is 0 Å². The van der Waals surface area contributed by atoms with Crippen molar-refractivity contribution in [3.05, 3.63) is 387 Å². The summed E-state index contributed by atoms with van der Waals surface area (Å²) in [5.74, 6) is 0. The minimum absolute atomic E-state index is 0.112. The molecule has 20 rings (SSSR count). The van der Waals surface area contributed by atoms with Crippen LogP contribution in [-0.2, 0) is 10.8 Å². The Morgan fingerprint density at radius 2 is 0.627 bits per heavy atom. The molecule has 524 valence electrons. The summed E-state index contributed by atoms with van der Waals surface area (Å²) in [6.45, 7) is 12.4. The van der Waals surface area contributed by atoms with Gasteiger partial charge in [-0.25, -0.2) is 0 Å². The first-order chi connectivity index (χ1) is 62.5. The Kier molecular flexibility index (Phi) is 11.3. The van der Waals surface area contributed by atoms with Crippen molar-refractivity contribution in [1.29, 1.82) is 0 Å². The Morgan fingerprint density at radius 1 is 0.264 bits per heavy atom. The first-order valence-electron chi connectivity index (χ1n) is 47.3. The van der Waals surface area contributed by atoms with Crippen LogP contribution in [0.25, 0.3) is 111 Å². The smallest absolute Gasteiger partial charge is 0.252 e. The van der Waals surface area contributed by atoms with Gasteiger partial charge in [-0.1, -0.05) is 290 Å². The van der Waals surface area contributed by atoms with Crippen molar-refractivity contribution < 1.29 is 28.8 Å². The molecule has 0 radical (unpaired) electrons. The van der Waals surface area contributed by atoms with E-state index < -0.39 is 134 Å². The van der Waals surface area contributed by atoms with E-state index in [1.54, 1.807) is 29.2 Å². The third kappa shape index (κ3) is 11.3. The average Bonchev–Trinajstić information content (AvgIpc) is 1.16. The molecule has 0 saturated heterocycles. The summed E-state index contributed by atoms with van der Waals surface area (Å²) < 4.78 is 202. The predicted molar refractivity (Wildman–Crippen MR) is 468 cm³/mol. The molecule has 0 unspecified atom stereocenters. The highest BCUT2D eigenvalue weighted by Crippen LogP contribution is 2.52. The maximum absolute atomic E-state index is 10.3. The Hall–Kier alpha value is -13.4. The molecule has 0 aliphatic carbocycles. The molecule has 6 heteroatoms. The molecule has 2 aromatic heterocycles. The Labute approximate surface area is 673 Å². The van der Waals surface area contributed by atoms with Gasteiger partial charge in [-0.2, -0.15) is 0 Å². The van der Waals surface area contributed by atoms with E-state index in [4.69, 9.17) is 8.22 Å². The second-order valence-corrected chi connectivity index (χ2v) is 30.2. The van der Waals surface area contributed by atoms with E-state index in [2.05, 4.69) is 148 Å². The number of para-hydroxylation sites is 5. The Bertz CT molecular complexity index is 7620. The Balaban J connectivity index is 0.978. The highest BCUT2D eigenvalue weighted by atomic mass is 15.2. The van der Waals surface area contributed by atoms with Crippen LogP contribution in [0.4, 0.5) is 51.2 Å². The quantitative estimate of drug-likeness (QED) is 0.114. The highest BCUT2D eigenvalue weighted by Gasteiger charge is 2.45. The first kappa shape index (κ1) is 47.3. The summed E-state index contributed by atoms with van der Waals surface area (Å²) in [5.41, 5.74) is 15.6.